The van der Waals surface area contributed by atoms with Crippen molar-refractivity contribution in [3.05, 3.63) is 72.3 Å². The summed E-state index contributed by atoms with van der Waals surface area (Å²) in [6.07, 6.45) is 5.95. The molecule has 1 unspecified atom stereocenters. The van der Waals surface area contributed by atoms with Gasteiger partial charge in [0.1, 0.15) is 24.2 Å². The highest BCUT2D eigenvalue weighted by Gasteiger charge is 2.26. The fraction of sp³-hybridized carbons (Fsp3) is 0.320. The molecule has 1 fully saturated rings. The van der Waals surface area contributed by atoms with Crippen LogP contribution in [-0.2, 0) is 6.61 Å². The molecule has 0 aliphatic heterocycles. The third-order valence-corrected chi connectivity index (χ3v) is 5.49. The Morgan fingerprint density at radius 1 is 1.07 bits per heavy atom. The number of hydrogen-bond donors (Lipinski definition) is 2. The summed E-state index contributed by atoms with van der Waals surface area (Å²) in [6, 6.07) is 15.8. The number of aliphatic hydroxyl groups excluding tert-OH is 2. The summed E-state index contributed by atoms with van der Waals surface area (Å²) >= 11 is 0. The molecular weight excluding hydrogens is 376 g/mol. The summed E-state index contributed by atoms with van der Waals surface area (Å²) < 4.78 is 7.67. The quantitative estimate of drug-likeness (QED) is 0.616. The maximum Gasteiger partial charge on any atom is 0.135 e. The second-order valence-corrected chi connectivity index (χ2v) is 7.79. The summed E-state index contributed by atoms with van der Waals surface area (Å²) in [6.45, 7) is 1.91. The molecule has 154 valence electrons. The van der Waals surface area contributed by atoms with E-state index in [1.807, 2.05) is 36.4 Å². The number of ether oxygens (including phenoxy) is 1. The molecule has 1 heterocycles. The van der Waals surface area contributed by atoms with Crippen molar-refractivity contribution in [3.63, 3.8) is 0 Å². The lowest BCUT2D eigenvalue weighted by Gasteiger charge is -2.32. The van der Waals surface area contributed by atoms with Gasteiger partial charge in [-0.25, -0.2) is 4.98 Å². The third-order valence-electron chi connectivity index (χ3n) is 5.49. The van der Waals surface area contributed by atoms with Crippen molar-refractivity contribution in [3.8, 4) is 28.7 Å². The first-order chi connectivity index (χ1) is 14.7. The van der Waals surface area contributed by atoms with Crippen molar-refractivity contribution in [1.29, 1.82) is 0 Å². The fourth-order valence-electron chi connectivity index (χ4n) is 3.71. The molecule has 2 N–H and O–H groups in total. The standard InChI is InChI=1S/C25H26N2O3/c1-18-14-24(15-18)30-23-10-7-21(8-11-23)20-5-2-19(3-6-20)4-9-22(16-28)27-13-12-26-25(27)17-29/h2-3,5-8,10-13,18,22,24,28-29H,14-17H2,1H3. The molecule has 0 spiro atoms. The Bertz CT molecular complexity index is 1020. The largest absolute Gasteiger partial charge is 0.490 e. The van der Waals surface area contributed by atoms with Crippen LogP contribution in [0.2, 0.25) is 0 Å². The van der Waals surface area contributed by atoms with Crippen LogP contribution in [0, 0.1) is 17.8 Å². The maximum absolute atomic E-state index is 9.65. The zero-order valence-electron chi connectivity index (χ0n) is 17.0. The number of rotatable bonds is 6. The monoisotopic (exact) mass is 402 g/mol. The summed E-state index contributed by atoms with van der Waals surface area (Å²) in [5.41, 5.74) is 3.10. The molecular formula is C25H26N2O3. The van der Waals surface area contributed by atoms with Crippen LogP contribution < -0.4 is 4.74 Å². The van der Waals surface area contributed by atoms with E-state index >= 15 is 0 Å². The van der Waals surface area contributed by atoms with Crippen molar-refractivity contribution in [2.75, 3.05) is 6.61 Å². The van der Waals surface area contributed by atoms with E-state index in [4.69, 9.17) is 4.74 Å². The summed E-state index contributed by atoms with van der Waals surface area (Å²) in [5.74, 6) is 8.35. The molecule has 0 amide bonds. The average molecular weight is 402 g/mol. The minimum atomic E-state index is -0.444. The lowest BCUT2D eigenvalue weighted by Crippen LogP contribution is -2.31. The van der Waals surface area contributed by atoms with E-state index in [-0.39, 0.29) is 13.2 Å². The van der Waals surface area contributed by atoms with Crippen LogP contribution in [-0.4, -0.2) is 32.5 Å². The topological polar surface area (TPSA) is 67.5 Å². The Morgan fingerprint density at radius 2 is 1.73 bits per heavy atom. The highest BCUT2D eigenvalue weighted by Crippen LogP contribution is 2.31. The molecule has 5 heteroatoms. The molecule has 2 aromatic carbocycles. The first-order valence-electron chi connectivity index (χ1n) is 10.3. The van der Waals surface area contributed by atoms with E-state index in [9.17, 15) is 10.2 Å². The number of nitrogens with zero attached hydrogens (tertiary/aromatic N) is 2. The molecule has 30 heavy (non-hydrogen) atoms. The SMILES string of the molecule is CC1CC(Oc2ccc(-c3ccc(C#CC(CO)n4ccnc4CO)cc3)cc2)C1. The van der Waals surface area contributed by atoms with Crippen molar-refractivity contribution >= 4 is 0 Å². The number of aliphatic hydroxyl groups is 2. The van der Waals surface area contributed by atoms with Gasteiger partial charge in [-0.1, -0.05) is 43.0 Å². The maximum atomic E-state index is 9.65. The van der Waals surface area contributed by atoms with Gasteiger partial charge in [-0.15, -0.1) is 0 Å². The smallest absolute Gasteiger partial charge is 0.135 e. The van der Waals surface area contributed by atoms with E-state index in [1.165, 1.54) is 0 Å². The molecule has 3 aromatic rings. The first-order valence-corrected chi connectivity index (χ1v) is 10.3. The predicted molar refractivity (Wildman–Crippen MR) is 116 cm³/mol. The average Bonchev–Trinajstić information content (AvgIpc) is 3.23. The number of hydrogen-bond acceptors (Lipinski definition) is 4. The van der Waals surface area contributed by atoms with Gasteiger partial charge < -0.3 is 19.5 Å². The van der Waals surface area contributed by atoms with Crippen LogP contribution in [0.4, 0.5) is 0 Å². The van der Waals surface area contributed by atoms with Gasteiger partial charge in [-0.2, -0.15) is 0 Å². The highest BCUT2D eigenvalue weighted by molar-refractivity contribution is 5.65. The molecule has 1 aliphatic rings. The summed E-state index contributed by atoms with van der Waals surface area (Å²) in [4.78, 5) is 4.06. The van der Waals surface area contributed by atoms with Crippen LogP contribution in [0.15, 0.2) is 60.9 Å². The van der Waals surface area contributed by atoms with Crippen molar-refractivity contribution in [2.24, 2.45) is 5.92 Å². The van der Waals surface area contributed by atoms with Gasteiger partial charge in [0, 0.05) is 18.0 Å². The first kappa shape index (κ1) is 20.2. The summed E-state index contributed by atoms with van der Waals surface area (Å²) in [7, 11) is 0. The minimum Gasteiger partial charge on any atom is -0.490 e. The second kappa shape index (κ2) is 9.17. The number of imidazole rings is 1. The van der Waals surface area contributed by atoms with Crippen molar-refractivity contribution in [2.45, 2.75) is 38.5 Å². The van der Waals surface area contributed by atoms with Crippen LogP contribution in [0.1, 0.15) is 37.2 Å². The highest BCUT2D eigenvalue weighted by atomic mass is 16.5. The van der Waals surface area contributed by atoms with Crippen LogP contribution in [0.5, 0.6) is 5.75 Å². The Balaban J connectivity index is 1.42. The van der Waals surface area contributed by atoms with E-state index < -0.39 is 6.04 Å². The Kier molecular flexibility index (Phi) is 6.18. The molecule has 4 rings (SSSR count). The normalized spacial score (nSPS) is 18.8. The van der Waals surface area contributed by atoms with Crippen molar-refractivity contribution < 1.29 is 14.9 Å². The van der Waals surface area contributed by atoms with Gasteiger partial charge in [0.15, 0.2) is 0 Å². The summed E-state index contributed by atoms with van der Waals surface area (Å²) in [5, 5.41) is 19.0. The Hall–Kier alpha value is -3.07. The lowest BCUT2D eigenvalue weighted by atomic mass is 9.84. The van der Waals surface area contributed by atoms with E-state index in [2.05, 4.69) is 35.9 Å². The van der Waals surface area contributed by atoms with Gasteiger partial charge in [0.25, 0.3) is 0 Å². The molecule has 1 aliphatic carbocycles. The Morgan fingerprint density at radius 3 is 2.33 bits per heavy atom. The number of benzene rings is 2. The second-order valence-electron chi connectivity index (χ2n) is 7.79. The third kappa shape index (κ3) is 4.56. The molecule has 5 nitrogen and oxygen atoms in total. The van der Waals surface area contributed by atoms with Crippen LogP contribution in [0.25, 0.3) is 11.1 Å². The molecule has 0 saturated heterocycles. The van der Waals surface area contributed by atoms with E-state index in [0.717, 1.165) is 41.2 Å². The zero-order valence-corrected chi connectivity index (χ0v) is 17.0. The minimum absolute atomic E-state index is 0.150. The van der Waals surface area contributed by atoms with Gasteiger partial charge in [0.2, 0.25) is 0 Å². The molecule has 1 aromatic heterocycles. The van der Waals surface area contributed by atoms with Crippen LogP contribution >= 0.6 is 0 Å². The van der Waals surface area contributed by atoms with Gasteiger partial charge in [-0.05, 0) is 54.2 Å². The zero-order chi connectivity index (χ0) is 20.9. The molecule has 0 radical (unpaired) electrons. The Labute approximate surface area is 177 Å². The molecule has 1 atom stereocenters. The van der Waals surface area contributed by atoms with E-state index in [1.54, 1.807) is 17.0 Å². The van der Waals surface area contributed by atoms with Crippen LogP contribution in [0.3, 0.4) is 0 Å². The lowest BCUT2D eigenvalue weighted by molar-refractivity contribution is 0.0739. The van der Waals surface area contributed by atoms with Gasteiger partial charge >= 0.3 is 0 Å². The van der Waals surface area contributed by atoms with Crippen molar-refractivity contribution in [1.82, 2.24) is 9.55 Å². The van der Waals surface area contributed by atoms with Gasteiger partial charge in [-0.3, -0.25) is 0 Å². The number of aromatic nitrogens is 2. The molecule has 0 bridgehead atoms. The fourth-order valence-corrected chi connectivity index (χ4v) is 3.71. The van der Waals surface area contributed by atoms with Gasteiger partial charge in [0.05, 0.1) is 12.7 Å². The van der Waals surface area contributed by atoms with E-state index in [0.29, 0.717) is 11.9 Å². The predicted octanol–water partition coefficient (Wildman–Crippen LogP) is 3.80. The molecule has 1 saturated carbocycles.